The van der Waals surface area contributed by atoms with Gasteiger partial charge in [0.15, 0.2) is 0 Å². The predicted molar refractivity (Wildman–Crippen MR) is 68.6 cm³/mol. The van der Waals surface area contributed by atoms with E-state index in [-0.39, 0.29) is 12.1 Å². The van der Waals surface area contributed by atoms with Crippen LogP contribution in [0, 0.1) is 5.92 Å². The number of rotatable bonds is 8. The lowest BCUT2D eigenvalue weighted by molar-refractivity contribution is 0.113. The molecule has 0 radical (unpaired) electrons. The van der Waals surface area contributed by atoms with Gasteiger partial charge < -0.3 is 15.3 Å². The van der Waals surface area contributed by atoms with Gasteiger partial charge in [-0.1, -0.05) is 13.3 Å². The SMILES string of the molecule is CCCNC(C)(CO)CN(C)CC1CCC1. The second-order valence-corrected chi connectivity index (χ2v) is 5.64. The lowest BCUT2D eigenvalue weighted by Gasteiger charge is -2.36. The first-order valence-electron chi connectivity index (χ1n) is 6.64. The van der Waals surface area contributed by atoms with Gasteiger partial charge in [-0.05, 0) is 45.7 Å². The van der Waals surface area contributed by atoms with Gasteiger partial charge in [0, 0.05) is 13.1 Å². The van der Waals surface area contributed by atoms with Crippen LogP contribution < -0.4 is 5.32 Å². The molecule has 16 heavy (non-hydrogen) atoms. The molecule has 1 rings (SSSR count). The average Bonchev–Trinajstić information content (AvgIpc) is 2.21. The third-order valence-electron chi connectivity index (χ3n) is 3.56. The molecular weight excluding hydrogens is 200 g/mol. The summed E-state index contributed by atoms with van der Waals surface area (Å²) in [6.07, 6.45) is 5.30. The zero-order valence-electron chi connectivity index (χ0n) is 11.1. The fourth-order valence-corrected chi connectivity index (χ4v) is 2.37. The molecule has 0 spiro atoms. The van der Waals surface area contributed by atoms with Gasteiger partial charge >= 0.3 is 0 Å². The molecule has 0 aromatic rings. The Bertz CT molecular complexity index is 194. The second kappa shape index (κ2) is 6.58. The topological polar surface area (TPSA) is 35.5 Å². The van der Waals surface area contributed by atoms with Crippen molar-refractivity contribution in [3.63, 3.8) is 0 Å². The molecule has 0 aliphatic heterocycles. The minimum Gasteiger partial charge on any atom is -0.394 e. The molecule has 3 heteroatoms. The largest absolute Gasteiger partial charge is 0.394 e. The smallest absolute Gasteiger partial charge is 0.0623 e. The standard InChI is InChI=1S/C13H28N2O/c1-4-8-14-13(2,11-16)10-15(3)9-12-6-5-7-12/h12,14,16H,4-11H2,1-3H3. The molecule has 1 atom stereocenters. The monoisotopic (exact) mass is 228 g/mol. The van der Waals surface area contributed by atoms with Gasteiger partial charge in [0.25, 0.3) is 0 Å². The summed E-state index contributed by atoms with van der Waals surface area (Å²) in [5.41, 5.74) is -0.144. The maximum Gasteiger partial charge on any atom is 0.0623 e. The van der Waals surface area contributed by atoms with E-state index in [1.54, 1.807) is 0 Å². The van der Waals surface area contributed by atoms with Crippen LogP contribution in [0.2, 0.25) is 0 Å². The van der Waals surface area contributed by atoms with Crippen molar-refractivity contribution in [2.45, 2.75) is 45.1 Å². The van der Waals surface area contributed by atoms with E-state index < -0.39 is 0 Å². The Morgan fingerprint density at radius 1 is 1.44 bits per heavy atom. The second-order valence-electron chi connectivity index (χ2n) is 5.64. The van der Waals surface area contributed by atoms with E-state index in [4.69, 9.17) is 0 Å². The summed E-state index contributed by atoms with van der Waals surface area (Å²) in [7, 11) is 2.17. The fourth-order valence-electron chi connectivity index (χ4n) is 2.37. The molecule has 0 heterocycles. The van der Waals surface area contributed by atoms with Crippen molar-refractivity contribution in [2.24, 2.45) is 5.92 Å². The van der Waals surface area contributed by atoms with Crippen molar-refractivity contribution in [3.05, 3.63) is 0 Å². The lowest BCUT2D eigenvalue weighted by Crippen LogP contribution is -2.54. The number of aliphatic hydroxyl groups is 1. The van der Waals surface area contributed by atoms with Crippen molar-refractivity contribution in [2.75, 3.05) is 33.3 Å². The first-order valence-corrected chi connectivity index (χ1v) is 6.64. The van der Waals surface area contributed by atoms with Gasteiger partial charge in [-0.2, -0.15) is 0 Å². The van der Waals surface area contributed by atoms with E-state index in [0.29, 0.717) is 0 Å². The molecule has 0 aromatic heterocycles. The number of nitrogens with zero attached hydrogens (tertiary/aromatic N) is 1. The highest BCUT2D eigenvalue weighted by atomic mass is 16.3. The summed E-state index contributed by atoms with van der Waals surface area (Å²) in [4.78, 5) is 2.36. The molecule has 0 saturated heterocycles. The van der Waals surface area contributed by atoms with Crippen LogP contribution in [-0.4, -0.2) is 48.8 Å². The van der Waals surface area contributed by atoms with Crippen LogP contribution in [0.25, 0.3) is 0 Å². The van der Waals surface area contributed by atoms with Crippen molar-refractivity contribution in [3.8, 4) is 0 Å². The van der Waals surface area contributed by atoms with Crippen LogP contribution in [0.3, 0.4) is 0 Å². The molecule has 0 bridgehead atoms. The van der Waals surface area contributed by atoms with Gasteiger partial charge in [0.05, 0.1) is 12.1 Å². The third-order valence-corrected chi connectivity index (χ3v) is 3.56. The first kappa shape index (κ1) is 13.9. The molecule has 1 fully saturated rings. The van der Waals surface area contributed by atoms with E-state index in [9.17, 15) is 5.11 Å². The molecule has 3 nitrogen and oxygen atoms in total. The third kappa shape index (κ3) is 4.40. The van der Waals surface area contributed by atoms with Gasteiger partial charge in [-0.3, -0.25) is 0 Å². The highest BCUT2D eigenvalue weighted by Crippen LogP contribution is 2.27. The molecule has 1 aliphatic rings. The van der Waals surface area contributed by atoms with E-state index in [1.165, 1.54) is 25.8 Å². The Morgan fingerprint density at radius 3 is 2.56 bits per heavy atom. The fraction of sp³-hybridized carbons (Fsp3) is 1.00. The summed E-state index contributed by atoms with van der Waals surface area (Å²) in [5, 5.41) is 12.9. The van der Waals surface area contributed by atoms with E-state index in [0.717, 1.165) is 25.4 Å². The van der Waals surface area contributed by atoms with Gasteiger partial charge in [0.2, 0.25) is 0 Å². The minimum atomic E-state index is -0.144. The highest BCUT2D eigenvalue weighted by Gasteiger charge is 2.26. The first-order chi connectivity index (χ1) is 7.59. The Balaban J connectivity index is 2.28. The zero-order chi connectivity index (χ0) is 12.0. The molecule has 1 unspecified atom stereocenters. The summed E-state index contributed by atoms with van der Waals surface area (Å²) >= 11 is 0. The molecule has 0 amide bonds. The quantitative estimate of drug-likeness (QED) is 0.660. The van der Waals surface area contributed by atoms with Crippen molar-refractivity contribution < 1.29 is 5.11 Å². The molecular formula is C13H28N2O. The highest BCUT2D eigenvalue weighted by molar-refractivity contribution is 4.86. The maximum absolute atomic E-state index is 9.48. The molecule has 1 aliphatic carbocycles. The Kier molecular flexibility index (Phi) is 5.73. The Morgan fingerprint density at radius 2 is 2.12 bits per heavy atom. The van der Waals surface area contributed by atoms with E-state index >= 15 is 0 Å². The maximum atomic E-state index is 9.48. The molecule has 0 aromatic carbocycles. The molecule has 1 saturated carbocycles. The normalized spacial score (nSPS) is 20.8. The molecule has 2 N–H and O–H groups in total. The number of hydrogen-bond acceptors (Lipinski definition) is 3. The van der Waals surface area contributed by atoms with E-state index in [2.05, 4.69) is 31.1 Å². The lowest BCUT2D eigenvalue weighted by atomic mass is 9.85. The van der Waals surface area contributed by atoms with E-state index in [1.807, 2.05) is 0 Å². The van der Waals surface area contributed by atoms with Crippen molar-refractivity contribution in [1.29, 1.82) is 0 Å². The molecule has 96 valence electrons. The Labute approximate surface area is 100 Å². The van der Waals surface area contributed by atoms with Crippen molar-refractivity contribution >= 4 is 0 Å². The van der Waals surface area contributed by atoms with Gasteiger partial charge in [-0.15, -0.1) is 0 Å². The van der Waals surface area contributed by atoms with Crippen LogP contribution >= 0.6 is 0 Å². The van der Waals surface area contributed by atoms with Gasteiger partial charge in [0.1, 0.15) is 0 Å². The zero-order valence-corrected chi connectivity index (χ0v) is 11.1. The average molecular weight is 228 g/mol. The van der Waals surface area contributed by atoms with Crippen LogP contribution in [0.4, 0.5) is 0 Å². The summed E-state index contributed by atoms with van der Waals surface area (Å²) in [5.74, 6) is 0.902. The predicted octanol–water partition coefficient (Wildman–Crippen LogP) is 1.47. The number of likely N-dealkylation sites (N-methyl/N-ethyl adjacent to an activating group) is 1. The number of aliphatic hydroxyl groups excluding tert-OH is 1. The minimum absolute atomic E-state index is 0.144. The van der Waals surface area contributed by atoms with Crippen LogP contribution in [0.1, 0.15) is 39.5 Å². The number of hydrogen-bond donors (Lipinski definition) is 2. The van der Waals surface area contributed by atoms with Crippen molar-refractivity contribution in [1.82, 2.24) is 10.2 Å². The Hall–Kier alpha value is -0.120. The van der Waals surface area contributed by atoms with Crippen LogP contribution in [-0.2, 0) is 0 Å². The van der Waals surface area contributed by atoms with Gasteiger partial charge in [-0.25, -0.2) is 0 Å². The summed E-state index contributed by atoms with van der Waals surface area (Å²) in [6, 6.07) is 0. The summed E-state index contributed by atoms with van der Waals surface area (Å²) in [6.45, 7) is 7.57. The van der Waals surface area contributed by atoms with Crippen LogP contribution in [0.5, 0.6) is 0 Å². The van der Waals surface area contributed by atoms with Crippen LogP contribution in [0.15, 0.2) is 0 Å². The summed E-state index contributed by atoms with van der Waals surface area (Å²) < 4.78 is 0. The number of nitrogens with one attached hydrogen (secondary N) is 1.